The molecule has 4 heteroatoms. The number of aromatic nitrogens is 1. The van der Waals surface area contributed by atoms with E-state index in [4.69, 9.17) is 4.74 Å². The Balaban J connectivity index is 2.15. The van der Waals surface area contributed by atoms with Crippen LogP contribution in [0.1, 0.15) is 21.6 Å². The number of para-hydroxylation sites is 1. The van der Waals surface area contributed by atoms with Gasteiger partial charge in [0.05, 0.1) is 10.0 Å². The molecule has 2 rings (SSSR count). The van der Waals surface area contributed by atoms with Gasteiger partial charge in [0, 0.05) is 17.5 Å². The van der Waals surface area contributed by atoms with Crippen LogP contribution >= 0.6 is 15.9 Å². The third-order valence-electron chi connectivity index (χ3n) is 2.48. The fourth-order valence-electron chi connectivity index (χ4n) is 1.51. The van der Waals surface area contributed by atoms with Gasteiger partial charge in [-0.25, -0.2) is 0 Å². The molecule has 0 saturated heterocycles. The summed E-state index contributed by atoms with van der Waals surface area (Å²) in [5.41, 5.74) is 2.46. The van der Waals surface area contributed by atoms with Crippen LogP contribution in [0.3, 0.4) is 0 Å². The Hall–Kier alpha value is -1.68. The van der Waals surface area contributed by atoms with E-state index in [2.05, 4.69) is 20.9 Å². The van der Waals surface area contributed by atoms with E-state index in [1.807, 2.05) is 25.1 Å². The van der Waals surface area contributed by atoms with Gasteiger partial charge in [-0.15, -0.1) is 0 Å². The second-order valence-electron chi connectivity index (χ2n) is 3.87. The first-order valence-corrected chi connectivity index (χ1v) is 6.28. The zero-order chi connectivity index (χ0) is 13.0. The molecule has 0 N–H and O–H groups in total. The maximum Gasteiger partial charge on any atom is 0.153 e. The highest BCUT2D eigenvalue weighted by Gasteiger charge is 2.07. The third kappa shape index (κ3) is 2.96. The Labute approximate surface area is 114 Å². The van der Waals surface area contributed by atoms with Gasteiger partial charge in [-0.05, 0) is 41.1 Å². The Kier molecular flexibility index (Phi) is 4.10. The summed E-state index contributed by atoms with van der Waals surface area (Å²) < 4.78 is 6.44. The van der Waals surface area contributed by atoms with E-state index < -0.39 is 0 Å². The molecule has 1 aromatic heterocycles. The van der Waals surface area contributed by atoms with E-state index in [1.165, 1.54) is 0 Å². The molecule has 0 atom stereocenters. The van der Waals surface area contributed by atoms with Crippen molar-refractivity contribution in [2.45, 2.75) is 13.5 Å². The van der Waals surface area contributed by atoms with Gasteiger partial charge in [-0.3, -0.25) is 9.78 Å². The molecule has 1 aromatic carbocycles. The van der Waals surface area contributed by atoms with Gasteiger partial charge < -0.3 is 4.74 Å². The van der Waals surface area contributed by atoms with E-state index >= 15 is 0 Å². The quantitative estimate of drug-likeness (QED) is 0.811. The number of nitrogens with zero attached hydrogens (tertiary/aromatic N) is 1. The van der Waals surface area contributed by atoms with Crippen LogP contribution in [0.2, 0.25) is 0 Å². The van der Waals surface area contributed by atoms with Crippen LogP contribution in [0.4, 0.5) is 0 Å². The Bertz CT molecular complexity index is 552. The zero-order valence-corrected chi connectivity index (χ0v) is 11.5. The summed E-state index contributed by atoms with van der Waals surface area (Å²) in [4.78, 5) is 15.1. The van der Waals surface area contributed by atoms with Crippen molar-refractivity contribution in [2.24, 2.45) is 0 Å². The third-order valence-corrected chi connectivity index (χ3v) is 3.10. The first-order chi connectivity index (χ1) is 8.70. The fraction of sp³-hybridized carbons (Fsp3) is 0.143. The zero-order valence-electron chi connectivity index (χ0n) is 9.89. The van der Waals surface area contributed by atoms with E-state index in [0.29, 0.717) is 17.9 Å². The summed E-state index contributed by atoms with van der Waals surface area (Å²) >= 11 is 3.37. The molecule has 0 saturated carbocycles. The molecule has 0 aliphatic heterocycles. The molecule has 0 aliphatic rings. The number of ether oxygens (including phenoxy) is 1. The molecule has 0 radical (unpaired) electrons. The van der Waals surface area contributed by atoms with Gasteiger partial charge in [0.2, 0.25) is 0 Å². The minimum Gasteiger partial charge on any atom is -0.487 e. The number of aryl methyl sites for hydroxylation is 1. The lowest BCUT2D eigenvalue weighted by Gasteiger charge is -2.10. The van der Waals surface area contributed by atoms with E-state index in [9.17, 15) is 4.79 Å². The van der Waals surface area contributed by atoms with Crippen LogP contribution in [0.5, 0.6) is 5.75 Å². The minimum absolute atomic E-state index is 0.386. The molecule has 0 spiro atoms. The number of aldehydes is 1. The molecule has 0 amide bonds. The van der Waals surface area contributed by atoms with Crippen molar-refractivity contribution in [3.63, 3.8) is 0 Å². The summed E-state index contributed by atoms with van der Waals surface area (Å²) in [7, 11) is 0. The smallest absolute Gasteiger partial charge is 0.153 e. The molecule has 3 nitrogen and oxygen atoms in total. The van der Waals surface area contributed by atoms with Crippen LogP contribution in [0, 0.1) is 6.92 Å². The van der Waals surface area contributed by atoms with E-state index in [-0.39, 0.29) is 0 Å². The number of halogens is 1. The molecular formula is C14H12BrNO2. The molecule has 1 heterocycles. The minimum atomic E-state index is 0.386. The molecular weight excluding hydrogens is 294 g/mol. The highest BCUT2D eigenvalue weighted by atomic mass is 79.9. The highest BCUT2D eigenvalue weighted by molar-refractivity contribution is 9.10. The Morgan fingerprint density at radius 1 is 1.33 bits per heavy atom. The number of benzene rings is 1. The number of rotatable bonds is 4. The van der Waals surface area contributed by atoms with Gasteiger partial charge in [-0.1, -0.05) is 12.1 Å². The van der Waals surface area contributed by atoms with Crippen molar-refractivity contribution in [2.75, 3.05) is 0 Å². The van der Waals surface area contributed by atoms with Gasteiger partial charge in [0.25, 0.3) is 0 Å². The average molecular weight is 306 g/mol. The van der Waals surface area contributed by atoms with Crippen molar-refractivity contribution in [1.82, 2.24) is 4.98 Å². The fourth-order valence-corrected chi connectivity index (χ4v) is 2.01. The largest absolute Gasteiger partial charge is 0.487 e. The molecule has 92 valence electrons. The van der Waals surface area contributed by atoms with Gasteiger partial charge in [-0.2, -0.15) is 0 Å². The summed E-state index contributed by atoms with van der Waals surface area (Å²) in [5, 5.41) is 0. The molecule has 0 aliphatic carbocycles. The lowest BCUT2D eigenvalue weighted by molar-refractivity contribution is 0.111. The molecule has 0 unspecified atom stereocenters. The van der Waals surface area contributed by atoms with E-state index in [0.717, 1.165) is 22.0 Å². The average Bonchev–Trinajstić information content (AvgIpc) is 2.39. The number of hydrogen-bond acceptors (Lipinski definition) is 3. The normalized spacial score (nSPS) is 10.1. The summed E-state index contributed by atoms with van der Waals surface area (Å²) in [6, 6.07) is 9.25. The first kappa shape index (κ1) is 12.8. The topological polar surface area (TPSA) is 39.2 Å². The summed E-state index contributed by atoms with van der Waals surface area (Å²) in [6.07, 6.45) is 2.56. The van der Waals surface area contributed by atoms with Gasteiger partial charge >= 0.3 is 0 Å². The van der Waals surface area contributed by atoms with E-state index in [1.54, 1.807) is 18.3 Å². The molecule has 0 bridgehead atoms. The van der Waals surface area contributed by atoms with Crippen molar-refractivity contribution in [3.8, 4) is 5.75 Å². The maximum absolute atomic E-state index is 10.9. The lowest BCUT2D eigenvalue weighted by atomic mass is 10.2. The second kappa shape index (κ2) is 5.78. The summed E-state index contributed by atoms with van der Waals surface area (Å²) in [6.45, 7) is 2.32. The Morgan fingerprint density at radius 3 is 2.83 bits per heavy atom. The first-order valence-electron chi connectivity index (χ1n) is 5.48. The van der Waals surface area contributed by atoms with Gasteiger partial charge in [0.15, 0.2) is 6.29 Å². The predicted octanol–water partition coefficient (Wildman–Crippen LogP) is 3.54. The highest BCUT2D eigenvalue weighted by Crippen LogP contribution is 2.28. The van der Waals surface area contributed by atoms with Crippen LogP contribution < -0.4 is 4.74 Å². The standard InChI is InChI=1S/C14H12BrNO2/c1-10-5-6-11(7-16-10)9-18-14-12(8-17)3-2-4-13(14)15/h2-8H,9H2,1H3. The molecule has 18 heavy (non-hydrogen) atoms. The van der Waals surface area contributed by atoms with Crippen molar-refractivity contribution in [1.29, 1.82) is 0 Å². The van der Waals surface area contributed by atoms with Crippen molar-refractivity contribution >= 4 is 22.2 Å². The number of carbonyl (C=O) groups is 1. The number of hydrogen-bond donors (Lipinski definition) is 0. The van der Waals surface area contributed by atoms with Crippen LogP contribution in [0.15, 0.2) is 41.0 Å². The van der Waals surface area contributed by atoms with Crippen LogP contribution in [-0.4, -0.2) is 11.3 Å². The Morgan fingerprint density at radius 2 is 2.17 bits per heavy atom. The van der Waals surface area contributed by atoms with Crippen LogP contribution in [0.25, 0.3) is 0 Å². The summed E-state index contributed by atoms with van der Waals surface area (Å²) in [5.74, 6) is 0.563. The van der Waals surface area contributed by atoms with Crippen LogP contribution in [-0.2, 0) is 6.61 Å². The number of carbonyl (C=O) groups excluding carboxylic acids is 1. The maximum atomic E-state index is 10.9. The monoisotopic (exact) mass is 305 g/mol. The SMILES string of the molecule is Cc1ccc(COc2c(Br)cccc2C=O)cn1. The number of pyridine rings is 1. The van der Waals surface area contributed by atoms with Crippen molar-refractivity contribution in [3.05, 3.63) is 57.8 Å². The van der Waals surface area contributed by atoms with Gasteiger partial charge in [0.1, 0.15) is 12.4 Å². The lowest BCUT2D eigenvalue weighted by Crippen LogP contribution is -1.99. The molecule has 0 fully saturated rings. The predicted molar refractivity (Wildman–Crippen MR) is 72.8 cm³/mol. The molecule has 2 aromatic rings. The van der Waals surface area contributed by atoms with Crippen molar-refractivity contribution < 1.29 is 9.53 Å². The second-order valence-corrected chi connectivity index (χ2v) is 4.73.